The summed E-state index contributed by atoms with van der Waals surface area (Å²) in [6.45, 7) is 0. The van der Waals surface area contributed by atoms with Crippen LogP contribution in [0.5, 0.6) is 5.75 Å². The summed E-state index contributed by atoms with van der Waals surface area (Å²) in [5.74, 6) is 0.261. The summed E-state index contributed by atoms with van der Waals surface area (Å²) in [6.07, 6.45) is 0. The molecule has 1 aromatic rings. The van der Waals surface area contributed by atoms with Gasteiger partial charge < -0.3 is 4.52 Å². The van der Waals surface area contributed by atoms with Crippen LogP contribution in [-0.2, 0) is 13.6 Å². The molecule has 0 N–H and O–H groups in total. The highest BCUT2D eigenvalue weighted by molar-refractivity contribution is 7.48. The lowest BCUT2D eigenvalue weighted by atomic mass is 10.3. The molecule has 0 aliphatic rings. The zero-order valence-corrected chi connectivity index (χ0v) is 10.5. The van der Waals surface area contributed by atoms with E-state index in [2.05, 4.69) is 9.05 Å². The smallest absolute Gasteiger partial charge is 0.404 e. The molecule has 0 unspecified atom stereocenters. The Hall–Kier alpha value is -0.250. The predicted molar refractivity (Wildman–Crippen MR) is 58.7 cm³/mol. The largest absolute Gasteiger partial charge is 0.529 e. The number of phosphoric ester groups is 1. The first-order chi connectivity index (χ1) is 7.00. The lowest BCUT2D eigenvalue weighted by molar-refractivity contribution is 0.211. The van der Waals surface area contributed by atoms with Gasteiger partial charge in [0.15, 0.2) is 0 Å². The first kappa shape index (κ1) is 12.8. The first-order valence-electron chi connectivity index (χ1n) is 3.87. The van der Waals surface area contributed by atoms with Crippen LogP contribution >= 0.6 is 31.0 Å². The van der Waals surface area contributed by atoms with Crippen LogP contribution in [0.4, 0.5) is 0 Å². The highest BCUT2D eigenvalue weighted by atomic mass is 35.5. The van der Waals surface area contributed by atoms with Crippen molar-refractivity contribution in [2.24, 2.45) is 0 Å². The fourth-order valence-corrected chi connectivity index (χ4v) is 1.77. The summed E-state index contributed by atoms with van der Waals surface area (Å²) in [4.78, 5) is 0. The van der Waals surface area contributed by atoms with Crippen LogP contribution in [0.25, 0.3) is 0 Å². The molecule has 0 radical (unpaired) electrons. The summed E-state index contributed by atoms with van der Waals surface area (Å²) in [6, 6.07) is 4.46. The molecular formula is C8H9Cl2O4P. The molecule has 0 aliphatic heterocycles. The average molecular weight is 271 g/mol. The summed E-state index contributed by atoms with van der Waals surface area (Å²) in [5.41, 5.74) is 0. The van der Waals surface area contributed by atoms with Crippen LogP contribution in [0.3, 0.4) is 0 Å². The molecule has 0 aromatic heterocycles. The van der Waals surface area contributed by atoms with E-state index < -0.39 is 7.82 Å². The third-order valence-electron chi connectivity index (χ3n) is 1.56. The van der Waals surface area contributed by atoms with E-state index in [0.717, 1.165) is 0 Å². The van der Waals surface area contributed by atoms with E-state index in [1.807, 2.05) is 0 Å². The maximum absolute atomic E-state index is 11.6. The second-order valence-electron chi connectivity index (χ2n) is 2.48. The number of benzene rings is 1. The van der Waals surface area contributed by atoms with Crippen molar-refractivity contribution >= 4 is 31.0 Å². The molecule has 0 saturated heterocycles. The topological polar surface area (TPSA) is 44.8 Å². The predicted octanol–water partition coefficient (Wildman–Crippen LogP) is 3.77. The second kappa shape index (κ2) is 5.19. The van der Waals surface area contributed by atoms with E-state index >= 15 is 0 Å². The quantitative estimate of drug-likeness (QED) is 0.782. The lowest BCUT2D eigenvalue weighted by Gasteiger charge is -2.14. The monoisotopic (exact) mass is 270 g/mol. The van der Waals surface area contributed by atoms with E-state index in [9.17, 15) is 4.57 Å². The Morgan fingerprint density at radius 3 is 2.20 bits per heavy atom. The van der Waals surface area contributed by atoms with Gasteiger partial charge >= 0.3 is 7.82 Å². The Bertz CT molecular complexity index is 388. The van der Waals surface area contributed by atoms with Crippen molar-refractivity contribution in [1.29, 1.82) is 0 Å². The van der Waals surface area contributed by atoms with Crippen molar-refractivity contribution in [2.75, 3.05) is 14.2 Å². The normalized spacial score (nSPS) is 11.5. The maximum Gasteiger partial charge on any atom is 0.529 e. The van der Waals surface area contributed by atoms with Crippen molar-refractivity contribution in [3.8, 4) is 5.75 Å². The maximum atomic E-state index is 11.6. The molecule has 1 aromatic carbocycles. The minimum absolute atomic E-state index is 0.261. The third kappa shape index (κ3) is 3.37. The summed E-state index contributed by atoms with van der Waals surface area (Å²) >= 11 is 11.4. The van der Waals surface area contributed by atoms with Crippen LogP contribution < -0.4 is 4.52 Å². The number of hydrogen-bond donors (Lipinski definition) is 0. The van der Waals surface area contributed by atoms with Gasteiger partial charge in [0.2, 0.25) is 0 Å². The van der Waals surface area contributed by atoms with Crippen molar-refractivity contribution in [3.63, 3.8) is 0 Å². The number of rotatable bonds is 4. The van der Waals surface area contributed by atoms with Gasteiger partial charge in [-0.2, -0.15) is 0 Å². The molecule has 4 nitrogen and oxygen atoms in total. The van der Waals surface area contributed by atoms with Gasteiger partial charge in [-0.3, -0.25) is 9.05 Å². The number of hydrogen-bond acceptors (Lipinski definition) is 4. The molecular weight excluding hydrogens is 262 g/mol. The third-order valence-corrected chi connectivity index (χ3v) is 3.62. The fourth-order valence-electron chi connectivity index (χ4n) is 0.812. The zero-order chi connectivity index (χ0) is 11.5. The number of halogens is 2. The van der Waals surface area contributed by atoms with Gasteiger partial charge in [0.25, 0.3) is 0 Å². The van der Waals surface area contributed by atoms with Crippen molar-refractivity contribution in [3.05, 3.63) is 28.2 Å². The molecule has 0 saturated carbocycles. The molecule has 0 fully saturated rings. The van der Waals surface area contributed by atoms with Gasteiger partial charge in [-0.05, 0) is 12.1 Å². The SMILES string of the molecule is COP(=O)(OC)Oc1ccc(Cl)c(Cl)c1. The van der Waals surface area contributed by atoms with Gasteiger partial charge in [-0.15, -0.1) is 0 Å². The molecule has 0 aliphatic carbocycles. The van der Waals surface area contributed by atoms with E-state index in [-0.39, 0.29) is 5.75 Å². The van der Waals surface area contributed by atoms with E-state index in [1.54, 1.807) is 0 Å². The molecule has 0 heterocycles. The van der Waals surface area contributed by atoms with Gasteiger partial charge in [-0.25, -0.2) is 4.57 Å². The summed E-state index contributed by atoms with van der Waals surface area (Å²) in [7, 11) is -1.09. The molecule has 0 spiro atoms. The number of phosphoric acid groups is 1. The molecule has 7 heteroatoms. The van der Waals surface area contributed by atoms with Crippen molar-refractivity contribution in [2.45, 2.75) is 0 Å². The van der Waals surface area contributed by atoms with Crippen LogP contribution in [0.1, 0.15) is 0 Å². The molecule has 15 heavy (non-hydrogen) atoms. The minimum atomic E-state index is -3.54. The van der Waals surface area contributed by atoms with Crippen molar-refractivity contribution < 1.29 is 18.1 Å². The van der Waals surface area contributed by atoms with Gasteiger partial charge in [0.1, 0.15) is 5.75 Å². The highest BCUT2D eigenvalue weighted by Gasteiger charge is 2.24. The molecule has 0 atom stereocenters. The Balaban J connectivity index is 2.90. The highest BCUT2D eigenvalue weighted by Crippen LogP contribution is 2.48. The Morgan fingerprint density at radius 2 is 1.73 bits per heavy atom. The Morgan fingerprint density at radius 1 is 1.13 bits per heavy atom. The Kier molecular flexibility index (Phi) is 4.44. The van der Waals surface area contributed by atoms with E-state index in [1.165, 1.54) is 32.4 Å². The first-order valence-corrected chi connectivity index (χ1v) is 6.08. The molecule has 84 valence electrons. The second-order valence-corrected chi connectivity index (χ2v) is 5.10. The molecule has 0 amide bonds. The average Bonchev–Trinajstić information content (AvgIpc) is 2.23. The Labute approximate surface area is 97.7 Å². The van der Waals surface area contributed by atoms with Gasteiger partial charge in [0.05, 0.1) is 10.0 Å². The van der Waals surface area contributed by atoms with Gasteiger partial charge in [-0.1, -0.05) is 23.2 Å². The van der Waals surface area contributed by atoms with Crippen LogP contribution in [0, 0.1) is 0 Å². The van der Waals surface area contributed by atoms with Gasteiger partial charge in [0, 0.05) is 20.3 Å². The minimum Gasteiger partial charge on any atom is -0.404 e. The summed E-state index contributed by atoms with van der Waals surface area (Å²) in [5, 5.41) is 0.682. The lowest BCUT2D eigenvalue weighted by Crippen LogP contribution is -1.97. The van der Waals surface area contributed by atoms with E-state index in [4.69, 9.17) is 27.7 Å². The van der Waals surface area contributed by atoms with Crippen LogP contribution in [0.15, 0.2) is 18.2 Å². The van der Waals surface area contributed by atoms with Crippen LogP contribution in [0.2, 0.25) is 10.0 Å². The van der Waals surface area contributed by atoms with E-state index in [0.29, 0.717) is 10.0 Å². The standard InChI is InChI=1S/C8H9Cl2O4P/c1-12-15(11,13-2)14-6-3-4-7(9)8(10)5-6/h3-5H,1-2H3. The van der Waals surface area contributed by atoms with Crippen molar-refractivity contribution in [1.82, 2.24) is 0 Å². The fraction of sp³-hybridized carbons (Fsp3) is 0.250. The summed E-state index contributed by atoms with van der Waals surface area (Å²) < 4.78 is 25.8. The zero-order valence-electron chi connectivity index (χ0n) is 8.07. The molecule has 0 bridgehead atoms. The molecule has 1 rings (SSSR count). The van der Waals surface area contributed by atoms with Crippen LogP contribution in [-0.4, -0.2) is 14.2 Å².